The van der Waals surface area contributed by atoms with Crippen LogP contribution in [0.1, 0.15) is 28.1 Å². The van der Waals surface area contributed by atoms with Gasteiger partial charge in [-0.15, -0.1) is 24.0 Å². The lowest BCUT2D eigenvalue weighted by molar-refractivity contribution is 0.182. The molecule has 178 valence electrons. The number of guanidine groups is 1. The number of nitrogens with zero attached hydrogens (tertiary/aromatic N) is 3. The molecule has 0 bridgehead atoms. The first-order valence-corrected chi connectivity index (χ1v) is 10.8. The molecule has 0 radical (unpaired) electrons. The van der Waals surface area contributed by atoms with Crippen LogP contribution in [-0.4, -0.2) is 36.5 Å². The molecule has 0 saturated carbocycles. The number of hydrogen-bond acceptors (Lipinski definition) is 4. The number of aliphatic imine (C=N–C) groups is 1. The van der Waals surface area contributed by atoms with Crippen molar-refractivity contribution in [1.29, 1.82) is 0 Å². The van der Waals surface area contributed by atoms with E-state index in [2.05, 4.69) is 52.8 Å². The minimum atomic E-state index is 0. The van der Waals surface area contributed by atoms with Crippen molar-refractivity contribution in [3.63, 3.8) is 0 Å². The van der Waals surface area contributed by atoms with Crippen molar-refractivity contribution in [2.24, 2.45) is 4.99 Å². The van der Waals surface area contributed by atoms with Gasteiger partial charge in [-0.05, 0) is 44.5 Å². The van der Waals surface area contributed by atoms with Crippen molar-refractivity contribution in [1.82, 2.24) is 20.4 Å². The van der Waals surface area contributed by atoms with Crippen LogP contribution in [0.4, 0.5) is 0 Å². The summed E-state index contributed by atoms with van der Waals surface area (Å²) in [6.45, 7) is 8.80. The van der Waals surface area contributed by atoms with Crippen LogP contribution in [0.3, 0.4) is 0 Å². The SMILES string of the molecule is CN=C(NCc1ccc(C)cc1Oc1ccccc1)NCc1c(C)nn(CCOC)c1C.I. The summed E-state index contributed by atoms with van der Waals surface area (Å²) in [5.41, 5.74) is 5.53. The van der Waals surface area contributed by atoms with E-state index in [1.54, 1.807) is 14.2 Å². The third-order valence-electron chi connectivity index (χ3n) is 5.33. The van der Waals surface area contributed by atoms with Gasteiger partial charge in [0, 0.05) is 44.1 Å². The largest absolute Gasteiger partial charge is 0.457 e. The number of halogens is 1. The number of hydrogen-bond donors (Lipinski definition) is 2. The zero-order valence-corrected chi connectivity index (χ0v) is 22.3. The molecule has 0 aliphatic heterocycles. The number of rotatable bonds is 9. The minimum absolute atomic E-state index is 0. The van der Waals surface area contributed by atoms with E-state index in [4.69, 9.17) is 9.47 Å². The third kappa shape index (κ3) is 7.46. The Bertz CT molecular complexity index is 1050. The smallest absolute Gasteiger partial charge is 0.191 e. The van der Waals surface area contributed by atoms with Gasteiger partial charge in [0.05, 0.1) is 18.8 Å². The molecule has 0 aliphatic carbocycles. The molecule has 1 heterocycles. The highest BCUT2D eigenvalue weighted by atomic mass is 127. The Hall–Kier alpha value is -2.59. The Balaban J connectivity index is 0.00000385. The number of ether oxygens (including phenoxy) is 2. The zero-order valence-electron chi connectivity index (χ0n) is 20.0. The molecule has 3 aromatic rings. The van der Waals surface area contributed by atoms with Gasteiger partial charge in [-0.25, -0.2) is 0 Å². The second-order valence-corrected chi connectivity index (χ2v) is 7.67. The van der Waals surface area contributed by atoms with E-state index in [0.29, 0.717) is 19.7 Å². The monoisotopic (exact) mass is 563 g/mol. The van der Waals surface area contributed by atoms with E-state index in [0.717, 1.165) is 46.5 Å². The number of methoxy groups -OCH3 is 1. The molecule has 0 amide bonds. The molecule has 2 aromatic carbocycles. The van der Waals surface area contributed by atoms with Gasteiger partial charge < -0.3 is 20.1 Å². The van der Waals surface area contributed by atoms with E-state index in [9.17, 15) is 0 Å². The first kappa shape index (κ1) is 26.7. The predicted octanol–water partition coefficient (Wildman–Crippen LogP) is 4.73. The fraction of sp³-hybridized carbons (Fsp3) is 0.360. The number of aryl methyl sites for hydroxylation is 2. The maximum Gasteiger partial charge on any atom is 0.191 e. The molecule has 0 spiro atoms. The summed E-state index contributed by atoms with van der Waals surface area (Å²) in [5.74, 6) is 2.38. The van der Waals surface area contributed by atoms with E-state index < -0.39 is 0 Å². The molecule has 0 atom stereocenters. The van der Waals surface area contributed by atoms with Crippen LogP contribution in [0, 0.1) is 20.8 Å². The van der Waals surface area contributed by atoms with Gasteiger partial charge in [-0.1, -0.05) is 30.3 Å². The highest BCUT2D eigenvalue weighted by molar-refractivity contribution is 14.0. The Morgan fingerprint density at radius 1 is 1.03 bits per heavy atom. The summed E-state index contributed by atoms with van der Waals surface area (Å²) in [6, 6.07) is 16.1. The molecule has 33 heavy (non-hydrogen) atoms. The lowest BCUT2D eigenvalue weighted by atomic mass is 10.1. The van der Waals surface area contributed by atoms with Crippen LogP contribution in [-0.2, 0) is 24.4 Å². The fourth-order valence-electron chi connectivity index (χ4n) is 3.48. The summed E-state index contributed by atoms with van der Waals surface area (Å²) in [6.07, 6.45) is 0. The molecule has 0 unspecified atom stereocenters. The molecule has 2 N–H and O–H groups in total. The average Bonchev–Trinajstić information content (AvgIpc) is 3.06. The first-order chi connectivity index (χ1) is 15.5. The lowest BCUT2D eigenvalue weighted by Crippen LogP contribution is -2.36. The number of para-hydroxylation sites is 1. The number of aromatic nitrogens is 2. The van der Waals surface area contributed by atoms with Crippen LogP contribution >= 0.6 is 24.0 Å². The molecule has 0 saturated heterocycles. The fourth-order valence-corrected chi connectivity index (χ4v) is 3.48. The van der Waals surface area contributed by atoms with Crippen molar-refractivity contribution in [3.05, 3.63) is 76.6 Å². The van der Waals surface area contributed by atoms with E-state index >= 15 is 0 Å². The van der Waals surface area contributed by atoms with E-state index in [1.807, 2.05) is 41.9 Å². The lowest BCUT2D eigenvalue weighted by Gasteiger charge is -2.15. The summed E-state index contributed by atoms with van der Waals surface area (Å²) >= 11 is 0. The van der Waals surface area contributed by atoms with Crippen LogP contribution in [0.5, 0.6) is 11.5 Å². The summed E-state index contributed by atoms with van der Waals surface area (Å²) in [4.78, 5) is 4.37. The van der Waals surface area contributed by atoms with Crippen LogP contribution in [0.15, 0.2) is 53.5 Å². The molecule has 0 fully saturated rings. The van der Waals surface area contributed by atoms with Gasteiger partial charge in [0.25, 0.3) is 0 Å². The van der Waals surface area contributed by atoms with Crippen LogP contribution in [0.25, 0.3) is 0 Å². The first-order valence-electron chi connectivity index (χ1n) is 10.8. The second kappa shape index (κ2) is 13.2. The van der Waals surface area contributed by atoms with Crippen molar-refractivity contribution < 1.29 is 9.47 Å². The predicted molar refractivity (Wildman–Crippen MR) is 144 cm³/mol. The summed E-state index contributed by atoms with van der Waals surface area (Å²) < 4.78 is 13.3. The molecular formula is C25H34IN5O2. The maximum absolute atomic E-state index is 6.13. The van der Waals surface area contributed by atoms with E-state index in [-0.39, 0.29) is 24.0 Å². The maximum atomic E-state index is 6.13. The van der Waals surface area contributed by atoms with Gasteiger partial charge >= 0.3 is 0 Å². The number of benzene rings is 2. The highest BCUT2D eigenvalue weighted by Gasteiger charge is 2.12. The molecular weight excluding hydrogens is 529 g/mol. The van der Waals surface area contributed by atoms with E-state index in [1.165, 1.54) is 5.56 Å². The Kier molecular flexibility index (Phi) is 10.7. The number of nitrogens with one attached hydrogen (secondary N) is 2. The Labute approximate surface area is 213 Å². The Morgan fingerprint density at radius 3 is 2.45 bits per heavy atom. The molecule has 7 nitrogen and oxygen atoms in total. The second-order valence-electron chi connectivity index (χ2n) is 7.67. The topological polar surface area (TPSA) is 72.7 Å². The zero-order chi connectivity index (χ0) is 22.9. The van der Waals surface area contributed by atoms with Gasteiger partial charge in [-0.3, -0.25) is 9.67 Å². The third-order valence-corrected chi connectivity index (χ3v) is 5.33. The molecule has 1 aromatic heterocycles. The molecule has 0 aliphatic rings. The van der Waals surface area contributed by atoms with Crippen molar-refractivity contribution in [2.45, 2.75) is 40.4 Å². The van der Waals surface area contributed by atoms with Crippen molar-refractivity contribution in [3.8, 4) is 11.5 Å². The quantitative estimate of drug-likeness (QED) is 0.224. The summed E-state index contributed by atoms with van der Waals surface area (Å²) in [5, 5.41) is 11.4. The standard InChI is InChI=1S/C25H33N5O2.HI/c1-18-11-12-21(24(15-18)32-22-9-7-6-8-10-22)16-27-25(26-4)28-17-23-19(2)29-30(20(23)3)13-14-31-5;/h6-12,15H,13-14,16-17H2,1-5H3,(H2,26,27,28);1H. The average molecular weight is 563 g/mol. The van der Waals surface area contributed by atoms with Crippen molar-refractivity contribution >= 4 is 29.9 Å². The summed E-state index contributed by atoms with van der Waals surface area (Å²) in [7, 11) is 3.47. The van der Waals surface area contributed by atoms with Gasteiger partial charge in [0.15, 0.2) is 5.96 Å². The Morgan fingerprint density at radius 2 is 1.76 bits per heavy atom. The van der Waals surface area contributed by atoms with Gasteiger partial charge in [-0.2, -0.15) is 5.10 Å². The van der Waals surface area contributed by atoms with Gasteiger partial charge in [0.2, 0.25) is 0 Å². The van der Waals surface area contributed by atoms with Crippen LogP contribution < -0.4 is 15.4 Å². The van der Waals surface area contributed by atoms with Gasteiger partial charge in [0.1, 0.15) is 11.5 Å². The van der Waals surface area contributed by atoms with Crippen LogP contribution in [0.2, 0.25) is 0 Å². The minimum Gasteiger partial charge on any atom is -0.457 e. The molecule has 8 heteroatoms. The molecule has 3 rings (SSSR count). The highest BCUT2D eigenvalue weighted by Crippen LogP contribution is 2.26. The normalized spacial score (nSPS) is 11.1. The van der Waals surface area contributed by atoms with Crippen molar-refractivity contribution in [2.75, 3.05) is 20.8 Å².